The van der Waals surface area contributed by atoms with Gasteiger partial charge in [-0.15, -0.1) is 0 Å². The molecular formula is C9H18N2O3. The summed E-state index contributed by atoms with van der Waals surface area (Å²) in [5.41, 5.74) is -1.74. The monoisotopic (exact) mass is 202 g/mol. The van der Waals surface area contributed by atoms with E-state index in [4.69, 9.17) is 4.74 Å². The van der Waals surface area contributed by atoms with Crippen LogP contribution in [0, 0.1) is 5.21 Å². The Bertz CT molecular complexity index is 251. The maximum atomic E-state index is 11.4. The van der Waals surface area contributed by atoms with Crippen LogP contribution in [0.15, 0.2) is 5.11 Å². The summed E-state index contributed by atoms with van der Waals surface area (Å²) in [7, 11) is 0. The van der Waals surface area contributed by atoms with Gasteiger partial charge in [0.25, 0.3) is 5.72 Å². The number of hydrogen-bond donors (Lipinski definition) is 0. The highest BCUT2D eigenvalue weighted by molar-refractivity contribution is 5.66. The van der Waals surface area contributed by atoms with Crippen LogP contribution in [-0.4, -0.2) is 22.1 Å². The van der Waals surface area contributed by atoms with Gasteiger partial charge in [0.05, 0.1) is 0 Å². The molecule has 0 aromatic rings. The maximum Gasteiger partial charge on any atom is 0.304 e. The summed E-state index contributed by atoms with van der Waals surface area (Å²) in [6.07, 6.45) is 0. The van der Waals surface area contributed by atoms with Crippen LogP contribution in [0.3, 0.4) is 0 Å². The van der Waals surface area contributed by atoms with Crippen molar-refractivity contribution in [1.82, 2.24) is 0 Å². The number of carbonyl (C=O) groups is 1. The second-order valence-electron chi connectivity index (χ2n) is 4.58. The molecule has 0 heterocycles. The van der Waals surface area contributed by atoms with Gasteiger partial charge >= 0.3 is 5.97 Å². The molecule has 0 N–H and O–H groups in total. The topological polar surface area (TPSA) is 64.7 Å². The van der Waals surface area contributed by atoms with Gasteiger partial charge < -0.3 is 9.94 Å². The van der Waals surface area contributed by atoms with E-state index in [1.165, 1.54) is 6.92 Å². The van der Waals surface area contributed by atoms with Crippen molar-refractivity contribution in [3.05, 3.63) is 5.21 Å². The zero-order chi connectivity index (χ0) is 11.6. The summed E-state index contributed by atoms with van der Waals surface area (Å²) in [5.74, 6) is -0.457. The van der Waals surface area contributed by atoms with Crippen molar-refractivity contribution in [1.29, 1.82) is 0 Å². The first-order valence-corrected chi connectivity index (χ1v) is 4.44. The highest BCUT2D eigenvalue weighted by Gasteiger charge is 2.29. The molecular weight excluding hydrogens is 184 g/mol. The first-order chi connectivity index (χ1) is 6.04. The molecule has 0 radical (unpaired) electrons. The number of ether oxygens (including phenoxy) is 1. The Balaban J connectivity index is 4.70. The van der Waals surface area contributed by atoms with Crippen LogP contribution in [0.4, 0.5) is 0 Å². The molecule has 0 aliphatic carbocycles. The van der Waals surface area contributed by atoms with E-state index in [9.17, 15) is 10.0 Å². The van der Waals surface area contributed by atoms with Crippen LogP contribution >= 0.6 is 0 Å². The molecule has 0 aromatic carbocycles. The highest BCUT2D eigenvalue weighted by atomic mass is 16.6. The van der Waals surface area contributed by atoms with Crippen molar-refractivity contribution in [2.75, 3.05) is 0 Å². The Labute approximate surface area is 84.3 Å². The summed E-state index contributed by atoms with van der Waals surface area (Å²) in [5, 5.41) is 15.2. The molecule has 0 rings (SSSR count). The van der Waals surface area contributed by atoms with Gasteiger partial charge in [-0.3, -0.25) is 4.79 Å². The van der Waals surface area contributed by atoms with E-state index >= 15 is 0 Å². The van der Waals surface area contributed by atoms with Gasteiger partial charge in [-0.25, -0.2) is 0 Å². The normalized spacial score (nSPS) is 14.0. The van der Waals surface area contributed by atoms with E-state index < -0.39 is 17.2 Å². The number of esters is 1. The predicted molar refractivity (Wildman–Crippen MR) is 51.7 cm³/mol. The minimum Gasteiger partial charge on any atom is -0.599 e. The smallest absolute Gasteiger partial charge is 0.304 e. The fraction of sp³-hybridized carbons (Fsp3) is 0.889. The molecule has 0 unspecified atom stereocenters. The number of hydrogen-bond acceptors (Lipinski definition) is 4. The van der Waals surface area contributed by atoms with Crippen LogP contribution in [0.1, 0.15) is 41.5 Å². The Kier molecular flexibility index (Phi) is 3.62. The number of azo groups is 1. The molecule has 0 bridgehead atoms. The first-order valence-electron chi connectivity index (χ1n) is 4.44. The van der Waals surface area contributed by atoms with Crippen LogP contribution in [-0.2, 0) is 9.53 Å². The lowest BCUT2D eigenvalue weighted by molar-refractivity contribution is -0.608. The third-order valence-electron chi connectivity index (χ3n) is 1.30. The molecule has 5 nitrogen and oxygen atoms in total. The summed E-state index contributed by atoms with van der Waals surface area (Å²) in [6.45, 7) is 9.59. The number of carbonyl (C=O) groups excluding carboxylic acids is 1. The molecule has 0 atom stereocenters. The quantitative estimate of drug-likeness (QED) is 0.298. The predicted octanol–water partition coefficient (Wildman–Crippen LogP) is 2.05. The largest absolute Gasteiger partial charge is 0.599 e. The van der Waals surface area contributed by atoms with Gasteiger partial charge in [0.15, 0.2) is 5.54 Å². The zero-order valence-electron chi connectivity index (χ0n) is 9.62. The second kappa shape index (κ2) is 3.94. The Morgan fingerprint density at radius 1 is 1.29 bits per heavy atom. The van der Waals surface area contributed by atoms with Crippen molar-refractivity contribution < 1.29 is 14.4 Å². The fourth-order valence-corrected chi connectivity index (χ4v) is 0.741. The summed E-state index contributed by atoms with van der Waals surface area (Å²) >= 11 is 0. The van der Waals surface area contributed by atoms with E-state index in [1.807, 2.05) is 0 Å². The molecule has 14 heavy (non-hydrogen) atoms. The van der Waals surface area contributed by atoms with Gasteiger partial charge in [-0.05, 0) is 0 Å². The third-order valence-corrected chi connectivity index (χ3v) is 1.30. The summed E-state index contributed by atoms with van der Waals surface area (Å²) < 4.78 is 4.86. The molecule has 0 aromatic heterocycles. The molecule has 0 spiro atoms. The lowest BCUT2D eigenvalue weighted by Crippen LogP contribution is -2.33. The van der Waals surface area contributed by atoms with Crippen molar-refractivity contribution in [2.24, 2.45) is 5.11 Å². The second-order valence-corrected chi connectivity index (χ2v) is 4.58. The van der Waals surface area contributed by atoms with Crippen LogP contribution in [0.5, 0.6) is 0 Å². The van der Waals surface area contributed by atoms with Gasteiger partial charge in [-0.1, -0.05) is 4.86 Å². The maximum absolute atomic E-state index is 11.4. The zero-order valence-corrected chi connectivity index (χ0v) is 9.62. The van der Waals surface area contributed by atoms with Crippen LogP contribution in [0.25, 0.3) is 0 Å². The molecule has 0 amide bonds. The van der Waals surface area contributed by atoms with E-state index in [0.29, 0.717) is 4.86 Å². The number of nitrogens with zero attached hydrogens (tertiary/aromatic N) is 2. The Morgan fingerprint density at radius 3 is 2.00 bits per heavy atom. The fourth-order valence-electron chi connectivity index (χ4n) is 0.741. The van der Waals surface area contributed by atoms with E-state index in [1.54, 1.807) is 34.6 Å². The van der Waals surface area contributed by atoms with Crippen LogP contribution < -0.4 is 0 Å². The average molecular weight is 202 g/mol. The first kappa shape index (κ1) is 12.9. The van der Waals surface area contributed by atoms with Crippen LogP contribution in [0.2, 0.25) is 0 Å². The molecule has 82 valence electrons. The lowest BCUT2D eigenvalue weighted by Gasteiger charge is -2.21. The molecule has 0 aliphatic heterocycles. The van der Waals surface area contributed by atoms with Gasteiger partial charge in [-0.2, -0.15) is 0 Å². The number of rotatable bonds is 2. The summed E-state index contributed by atoms with van der Waals surface area (Å²) in [6, 6.07) is 0. The van der Waals surface area contributed by atoms with Gasteiger partial charge in [0, 0.05) is 46.7 Å². The van der Waals surface area contributed by atoms with E-state index in [-0.39, 0.29) is 0 Å². The Hall–Kier alpha value is -1.13. The SMILES string of the molecule is CC(=O)OC(C)(C)N=[N+]([O-])C(C)(C)C. The standard InChI is InChI=1S/C9H18N2O3/c1-7(12)14-9(5,6)10-11(13)8(2,3)4/h1-6H3. The molecule has 0 aliphatic rings. The van der Waals surface area contributed by atoms with E-state index in [2.05, 4.69) is 5.11 Å². The van der Waals surface area contributed by atoms with Gasteiger partial charge in [0.2, 0.25) is 0 Å². The van der Waals surface area contributed by atoms with Crippen molar-refractivity contribution in [2.45, 2.75) is 52.8 Å². The number of hydroxylamine groups is 1. The van der Waals surface area contributed by atoms with Crippen molar-refractivity contribution in [3.63, 3.8) is 0 Å². The highest BCUT2D eigenvalue weighted by Crippen LogP contribution is 2.15. The van der Waals surface area contributed by atoms with Crippen molar-refractivity contribution >= 4 is 5.97 Å². The molecule has 5 heteroatoms. The third kappa shape index (κ3) is 4.79. The average Bonchev–Trinajstić information content (AvgIpc) is 1.79. The van der Waals surface area contributed by atoms with Crippen molar-refractivity contribution in [3.8, 4) is 0 Å². The Morgan fingerprint density at radius 2 is 1.71 bits per heavy atom. The van der Waals surface area contributed by atoms with E-state index in [0.717, 1.165) is 0 Å². The molecule has 0 saturated heterocycles. The minimum atomic E-state index is -1.11. The minimum absolute atomic E-state index is 0.457. The molecule has 0 saturated carbocycles. The lowest BCUT2D eigenvalue weighted by atomic mass is 10.1. The molecule has 0 fully saturated rings. The van der Waals surface area contributed by atoms with Gasteiger partial charge in [0.1, 0.15) is 0 Å². The summed E-state index contributed by atoms with van der Waals surface area (Å²) in [4.78, 5) is 11.2.